The standard InChI is InChI=1S/C16H31NO5.C2H6/c1-12(17)22-14(19)9-7-8-13(18)16(5,6)21-11-10-20-15(2,3)4;1-2/h12H,7-11,17H2,1-6H3;1-2H3. The maximum Gasteiger partial charge on any atom is 0.307 e. The van der Waals surface area contributed by atoms with E-state index in [0.717, 1.165) is 0 Å². The molecule has 2 N–H and O–H groups in total. The van der Waals surface area contributed by atoms with E-state index < -0.39 is 11.8 Å². The molecule has 0 spiro atoms. The summed E-state index contributed by atoms with van der Waals surface area (Å²) in [7, 11) is 0. The molecule has 24 heavy (non-hydrogen) atoms. The van der Waals surface area contributed by atoms with Crippen LogP contribution < -0.4 is 5.73 Å². The van der Waals surface area contributed by atoms with Crippen molar-refractivity contribution in [2.45, 2.75) is 92.1 Å². The first-order valence-corrected chi connectivity index (χ1v) is 8.70. The zero-order valence-corrected chi connectivity index (χ0v) is 16.7. The van der Waals surface area contributed by atoms with Gasteiger partial charge in [0.15, 0.2) is 5.78 Å². The molecular formula is C18H37NO5. The second-order valence-corrected chi connectivity index (χ2v) is 6.79. The monoisotopic (exact) mass is 347 g/mol. The number of rotatable bonds is 10. The van der Waals surface area contributed by atoms with E-state index >= 15 is 0 Å². The maximum absolute atomic E-state index is 12.1. The summed E-state index contributed by atoms with van der Waals surface area (Å²) in [5, 5.41) is 0. The molecule has 144 valence electrons. The number of hydrogen-bond donors (Lipinski definition) is 1. The van der Waals surface area contributed by atoms with E-state index in [2.05, 4.69) is 0 Å². The molecule has 0 aliphatic heterocycles. The van der Waals surface area contributed by atoms with Gasteiger partial charge in [-0.05, 0) is 48.0 Å². The highest BCUT2D eigenvalue weighted by Gasteiger charge is 2.28. The zero-order chi connectivity index (χ0) is 19.4. The molecule has 0 rings (SSSR count). The number of carbonyl (C=O) groups excluding carboxylic acids is 2. The van der Waals surface area contributed by atoms with Crippen molar-refractivity contribution in [2.75, 3.05) is 13.2 Å². The quantitative estimate of drug-likeness (QED) is 0.371. The van der Waals surface area contributed by atoms with Gasteiger partial charge >= 0.3 is 5.97 Å². The molecule has 1 unspecified atom stereocenters. The van der Waals surface area contributed by atoms with E-state index in [1.807, 2.05) is 34.6 Å². The van der Waals surface area contributed by atoms with E-state index in [4.69, 9.17) is 19.9 Å². The van der Waals surface area contributed by atoms with Gasteiger partial charge in [-0.1, -0.05) is 13.8 Å². The first kappa shape index (κ1) is 25.3. The van der Waals surface area contributed by atoms with Crippen LogP contribution >= 0.6 is 0 Å². The topological polar surface area (TPSA) is 87.9 Å². The Morgan fingerprint density at radius 3 is 1.92 bits per heavy atom. The lowest BCUT2D eigenvalue weighted by atomic mass is 9.98. The Labute approximate surface area is 147 Å². The van der Waals surface area contributed by atoms with Crippen molar-refractivity contribution in [3.05, 3.63) is 0 Å². The first-order valence-electron chi connectivity index (χ1n) is 8.70. The summed E-state index contributed by atoms with van der Waals surface area (Å²) in [5.74, 6) is -0.433. The number of Topliss-reactive ketones (excluding diaryl/α,β-unsaturated/α-hetero) is 1. The van der Waals surface area contributed by atoms with E-state index in [0.29, 0.717) is 19.6 Å². The van der Waals surface area contributed by atoms with Crippen LogP contribution in [0.2, 0.25) is 0 Å². The fourth-order valence-electron chi connectivity index (χ4n) is 1.69. The van der Waals surface area contributed by atoms with Crippen molar-refractivity contribution in [1.82, 2.24) is 0 Å². The molecule has 0 heterocycles. The predicted octanol–water partition coefficient (Wildman–Crippen LogP) is 3.21. The minimum atomic E-state index is -0.883. The summed E-state index contributed by atoms with van der Waals surface area (Å²) in [5.41, 5.74) is 4.24. The van der Waals surface area contributed by atoms with Crippen molar-refractivity contribution >= 4 is 11.8 Å². The third-order valence-corrected chi connectivity index (χ3v) is 2.85. The Balaban J connectivity index is 0. The van der Waals surface area contributed by atoms with Crippen LogP contribution in [0.5, 0.6) is 0 Å². The van der Waals surface area contributed by atoms with E-state index in [9.17, 15) is 9.59 Å². The van der Waals surface area contributed by atoms with E-state index in [1.165, 1.54) is 0 Å². The van der Waals surface area contributed by atoms with Crippen molar-refractivity contribution in [3.63, 3.8) is 0 Å². The first-order chi connectivity index (χ1) is 10.9. The second-order valence-electron chi connectivity index (χ2n) is 6.79. The number of ketones is 1. The van der Waals surface area contributed by atoms with Crippen LogP contribution in [0.25, 0.3) is 0 Å². The summed E-state index contributed by atoms with van der Waals surface area (Å²) in [6.45, 7) is 15.7. The largest absolute Gasteiger partial charge is 0.447 e. The van der Waals surface area contributed by atoms with Crippen molar-refractivity contribution in [3.8, 4) is 0 Å². The molecular weight excluding hydrogens is 310 g/mol. The summed E-state index contributed by atoms with van der Waals surface area (Å²) in [4.78, 5) is 23.4. The highest BCUT2D eigenvalue weighted by Crippen LogP contribution is 2.16. The summed E-state index contributed by atoms with van der Waals surface area (Å²) < 4.78 is 16.0. The lowest BCUT2D eigenvalue weighted by molar-refractivity contribution is -0.148. The lowest BCUT2D eigenvalue weighted by Gasteiger charge is -2.25. The van der Waals surface area contributed by atoms with Crippen LogP contribution in [0.4, 0.5) is 0 Å². The smallest absolute Gasteiger partial charge is 0.307 e. The van der Waals surface area contributed by atoms with Crippen LogP contribution in [0, 0.1) is 0 Å². The number of ether oxygens (including phenoxy) is 3. The van der Waals surface area contributed by atoms with Crippen LogP contribution in [0.1, 0.15) is 74.7 Å². The van der Waals surface area contributed by atoms with E-state index in [-0.39, 0.29) is 30.2 Å². The number of nitrogens with two attached hydrogens (primary N) is 1. The Morgan fingerprint density at radius 1 is 0.958 bits per heavy atom. The minimum absolute atomic E-state index is 0.0446. The highest BCUT2D eigenvalue weighted by molar-refractivity contribution is 5.86. The Hall–Kier alpha value is -0.980. The number of hydrogen-bond acceptors (Lipinski definition) is 6. The maximum atomic E-state index is 12.1. The van der Waals surface area contributed by atoms with Gasteiger partial charge in [0.25, 0.3) is 0 Å². The molecule has 0 aliphatic carbocycles. The van der Waals surface area contributed by atoms with Crippen molar-refractivity contribution in [1.29, 1.82) is 0 Å². The SMILES string of the molecule is CC.CC(N)OC(=O)CCCC(=O)C(C)(C)OCCOC(C)(C)C. The molecule has 6 nitrogen and oxygen atoms in total. The average Bonchev–Trinajstić information content (AvgIpc) is 2.44. The van der Waals surface area contributed by atoms with Gasteiger partial charge in [-0.15, -0.1) is 0 Å². The van der Waals surface area contributed by atoms with Gasteiger partial charge in [-0.2, -0.15) is 0 Å². The minimum Gasteiger partial charge on any atom is -0.447 e. The summed E-state index contributed by atoms with van der Waals surface area (Å²) in [6.07, 6.45) is 0.249. The molecule has 0 saturated carbocycles. The summed E-state index contributed by atoms with van der Waals surface area (Å²) >= 11 is 0. The average molecular weight is 347 g/mol. The number of carbonyl (C=O) groups is 2. The van der Waals surface area contributed by atoms with Crippen LogP contribution in [0.15, 0.2) is 0 Å². The van der Waals surface area contributed by atoms with Gasteiger partial charge in [-0.25, -0.2) is 0 Å². The van der Waals surface area contributed by atoms with Crippen molar-refractivity contribution in [2.24, 2.45) is 5.73 Å². The van der Waals surface area contributed by atoms with Gasteiger partial charge in [0.05, 0.1) is 18.8 Å². The molecule has 0 aliphatic rings. The van der Waals surface area contributed by atoms with Gasteiger partial charge in [0.2, 0.25) is 0 Å². The third kappa shape index (κ3) is 14.6. The Kier molecular flexibility index (Phi) is 13.0. The van der Waals surface area contributed by atoms with Crippen LogP contribution in [-0.2, 0) is 23.8 Å². The third-order valence-electron chi connectivity index (χ3n) is 2.85. The second kappa shape index (κ2) is 12.4. The molecule has 6 heteroatoms. The van der Waals surface area contributed by atoms with Gasteiger partial charge in [0.1, 0.15) is 11.8 Å². The van der Waals surface area contributed by atoms with Crippen LogP contribution in [0.3, 0.4) is 0 Å². The lowest BCUT2D eigenvalue weighted by Crippen LogP contribution is -2.36. The zero-order valence-electron chi connectivity index (χ0n) is 16.7. The molecule has 1 atom stereocenters. The number of esters is 1. The van der Waals surface area contributed by atoms with Gasteiger partial charge in [0, 0.05) is 12.8 Å². The van der Waals surface area contributed by atoms with Gasteiger partial charge < -0.3 is 14.2 Å². The van der Waals surface area contributed by atoms with Crippen LogP contribution in [-0.4, -0.2) is 42.4 Å². The van der Waals surface area contributed by atoms with Gasteiger partial charge in [-0.3, -0.25) is 15.3 Å². The molecule has 0 radical (unpaired) electrons. The van der Waals surface area contributed by atoms with Crippen molar-refractivity contribution < 1.29 is 23.8 Å². The highest BCUT2D eigenvalue weighted by atomic mass is 16.6. The fourth-order valence-corrected chi connectivity index (χ4v) is 1.69. The molecule has 0 fully saturated rings. The molecule has 0 aromatic carbocycles. The fraction of sp³-hybridized carbons (Fsp3) is 0.889. The molecule has 0 saturated heterocycles. The van der Waals surface area contributed by atoms with E-state index in [1.54, 1.807) is 20.8 Å². The predicted molar refractivity (Wildman–Crippen MR) is 95.7 cm³/mol. The Bertz CT molecular complexity index is 359. The normalized spacial score (nSPS) is 12.9. The molecule has 0 bridgehead atoms. The molecule has 0 aromatic rings. The summed E-state index contributed by atoms with van der Waals surface area (Å²) in [6, 6.07) is 0. The molecule has 0 aromatic heterocycles. The Morgan fingerprint density at radius 2 is 1.46 bits per heavy atom. The molecule has 0 amide bonds.